The fourth-order valence-corrected chi connectivity index (χ4v) is 3.88. The molecule has 0 saturated carbocycles. The zero-order chi connectivity index (χ0) is 21.6. The lowest BCUT2D eigenvalue weighted by Crippen LogP contribution is -2.48. The summed E-state index contributed by atoms with van der Waals surface area (Å²) >= 11 is 0. The number of carbonyl (C=O) groups excluding carboxylic acids is 1. The maximum absolute atomic E-state index is 12.7. The third kappa shape index (κ3) is 5.29. The van der Waals surface area contributed by atoms with Gasteiger partial charge in [0, 0.05) is 18.7 Å². The van der Waals surface area contributed by atoms with E-state index in [1.54, 1.807) is 24.3 Å². The largest absolute Gasteiger partial charge is 0.481 e. The van der Waals surface area contributed by atoms with Gasteiger partial charge in [0.2, 0.25) is 6.79 Å². The van der Waals surface area contributed by atoms with E-state index in [0.29, 0.717) is 30.8 Å². The average Bonchev–Trinajstić information content (AvgIpc) is 3.18. The molecule has 2 aliphatic rings. The molecule has 2 aromatic rings. The second-order valence-electron chi connectivity index (χ2n) is 7.73. The molecule has 0 bridgehead atoms. The van der Waals surface area contributed by atoms with Crippen molar-refractivity contribution >= 4 is 5.91 Å². The topological polar surface area (TPSA) is 80.3 Å². The number of nitrogens with zero attached hydrogens (tertiary/aromatic N) is 1. The van der Waals surface area contributed by atoms with Crippen molar-refractivity contribution < 1.29 is 24.1 Å². The number of carbonyl (C=O) groups is 1. The number of amides is 1. The van der Waals surface area contributed by atoms with E-state index in [0.717, 1.165) is 30.0 Å². The van der Waals surface area contributed by atoms with Crippen LogP contribution in [0.3, 0.4) is 0 Å². The van der Waals surface area contributed by atoms with Gasteiger partial charge in [-0.3, -0.25) is 9.69 Å². The summed E-state index contributed by atoms with van der Waals surface area (Å²) in [6.45, 7) is 2.54. The van der Waals surface area contributed by atoms with E-state index in [9.17, 15) is 9.90 Å². The van der Waals surface area contributed by atoms with Crippen LogP contribution in [0.15, 0.2) is 42.5 Å². The Bertz CT molecular complexity index is 953. The summed E-state index contributed by atoms with van der Waals surface area (Å²) in [5, 5.41) is 13.6. The first-order chi connectivity index (χ1) is 15.1. The summed E-state index contributed by atoms with van der Waals surface area (Å²) < 4.78 is 16.2. The number of fused-ring (bicyclic) bond motifs is 1. The van der Waals surface area contributed by atoms with Crippen LogP contribution in [0, 0.1) is 12.3 Å². The normalized spacial score (nSPS) is 20.5. The Kier molecular flexibility index (Phi) is 6.60. The number of hydrogen-bond acceptors (Lipinski definition) is 6. The van der Waals surface area contributed by atoms with Crippen LogP contribution in [0.1, 0.15) is 28.8 Å². The molecular formula is C24H26N2O5. The predicted molar refractivity (Wildman–Crippen MR) is 115 cm³/mol. The summed E-state index contributed by atoms with van der Waals surface area (Å²) in [7, 11) is 0. The number of aliphatic hydroxyl groups excluding tert-OH is 1. The molecule has 1 saturated heterocycles. The number of terminal acetylenes is 1. The molecular weight excluding hydrogens is 396 g/mol. The highest BCUT2D eigenvalue weighted by molar-refractivity contribution is 5.94. The molecule has 31 heavy (non-hydrogen) atoms. The average molecular weight is 422 g/mol. The number of aliphatic hydroxyl groups is 1. The Hall–Kier alpha value is -3.21. The van der Waals surface area contributed by atoms with Crippen molar-refractivity contribution in [3.63, 3.8) is 0 Å². The Morgan fingerprint density at radius 1 is 1.23 bits per heavy atom. The summed E-state index contributed by atoms with van der Waals surface area (Å²) in [5.41, 5.74) is 1.61. The minimum Gasteiger partial charge on any atom is -0.481 e. The van der Waals surface area contributed by atoms with Crippen LogP contribution in [0.2, 0.25) is 0 Å². The molecule has 2 heterocycles. The molecule has 1 amide bonds. The maximum Gasteiger partial charge on any atom is 0.251 e. The van der Waals surface area contributed by atoms with Crippen molar-refractivity contribution in [2.24, 2.45) is 0 Å². The third-order valence-corrected chi connectivity index (χ3v) is 5.49. The van der Waals surface area contributed by atoms with Crippen LogP contribution in [0.5, 0.6) is 17.2 Å². The minimum absolute atomic E-state index is 0.180. The van der Waals surface area contributed by atoms with Crippen LogP contribution >= 0.6 is 0 Å². The van der Waals surface area contributed by atoms with Crippen LogP contribution in [-0.2, 0) is 6.54 Å². The highest BCUT2D eigenvalue weighted by atomic mass is 16.7. The van der Waals surface area contributed by atoms with Gasteiger partial charge in [-0.2, -0.15) is 0 Å². The first-order valence-electron chi connectivity index (χ1n) is 10.4. The van der Waals surface area contributed by atoms with Gasteiger partial charge in [0.15, 0.2) is 11.5 Å². The second kappa shape index (κ2) is 9.73. The number of rotatable bonds is 6. The highest BCUT2D eigenvalue weighted by Gasteiger charge is 2.27. The summed E-state index contributed by atoms with van der Waals surface area (Å²) in [5.74, 6) is 4.31. The molecule has 2 aromatic carbocycles. The van der Waals surface area contributed by atoms with Crippen molar-refractivity contribution in [2.75, 3.05) is 26.5 Å². The van der Waals surface area contributed by atoms with Gasteiger partial charge in [-0.15, -0.1) is 6.42 Å². The van der Waals surface area contributed by atoms with Crippen LogP contribution in [0.25, 0.3) is 0 Å². The highest BCUT2D eigenvalue weighted by Crippen LogP contribution is 2.33. The van der Waals surface area contributed by atoms with Gasteiger partial charge in [-0.25, -0.2) is 0 Å². The maximum atomic E-state index is 12.7. The van der Waals surface area contributed by atoms with Crippen LogP contribution < -0.4 is 19.5 Å². The van der Waals surface area contributed by atoms with Gasteiger partial charge in [0.05, 0.1) is 12.1 Å². The number of benzene rings is 2. The standard InChI is InChI=1S/C24H26N2O5/c1-2-12-29-19-8-6-18(7-9-19)24(28)25-20-15-26(11-3-4-21(20)27)14-17-5-10-22-23(13-17)31-16-30-22/h1,5-10,13,20-21,27H,3-4,11-12,14-16H2,(H,25,28)/t20-,21+/m0/s1. The molecule has 2 atom stereocenters. The summed E-state index contributed by atoms with van der Waals surface area (Å²) in [4.78, 5) is 15.0. The Morgan fingerprint density at radius 2 is 2.03 bits per heavy atom. The van der Waals surface area contributed by atoms with Crippen molar-refractivity contribution in [1.82, 2.24) is 10.2 Å². The number of nitrogens with one attached hydrogen (secondary N) is 1. The molecule has 1 fully saturated rings. The predicted octanol–water partition coefficient (Wildman–Crippen LogP) is 2.18. The van der Waals surface area contributed by atoms with Gasteiger partial charge in [-0.05, 0) is 61.3 Å². The molecule has 0 spiro atoms. The molecule has 0 aliphatic carbocycles. The van der Waals surface area contributed by atoms with E-state index >= 15 is 0 Å². The van der Waals surface area contributed by atoms with Gasteiger partial charge in [-0.1, -0.05) is 12.0 Å². The Labute approximate surface area is 181 Å². The van der Waals surface area contributed by atoms with Crippen LogP contribution in [-0.4, -0.2) is 54.5 Å². The van der Waals surface area contributed by atoms with E-state index in [2.05, 4.69) is 16.1 Å². The molecule has 2 N–H and O–H groups in total. The third-order valence-electron chi connectivity index (χ3n) is 5.49. The summed E-state index contributed by atoms with van der Waals surface area (Å²) in [6, 6.07) is 12.4. The molecule has 0 aromatic heterocycles. The fraction of sp³-hybridized carbons (Fsp3) is 0.375. The van der Waals surface area contributed by atoms with Crippen LogP contribution in [0.4, 0.5) is 0 Å². The Morgan fingerprint density at radius 3 is 2.84 bits per heavy atom. The van der Waals surface area contributed by atoms with Crippen molar-refractivity contribution in [2.45, 2.75) is 31.5 Å². The smallest absolute Gasteiger partial charge is 0.251 e. The fourth-order valence-electron chi connectivity index (χ4n) is 3.88. The van der Waals surface area contributed by atoms with Crippen molar-refractivity contribution in [1.29, 1.82) is 0 Å². The van der Waals surface area contributed by atoms with Gasteiger partial charge in [0.1, 0.15) is 12.4 Å². The van der Waals surface area contributed by atoms with Gasteiger partial charge < -0.3 is 24.6 Å². The van der Waals surface area contributed by atoms with E-state index < -0.39 is 6.10 Å². The number of likely N-dealkylation sites (tertiary alicyclic amines) is 1. The lowest BCUT2D eigenvalue weighted by molar-refractivity contribution is 0.0798. The first kappa shape index (κ1) is 21.0. The second-order valence-corrected chi connectivity index (χ2v) is 7.73. The van der Waals surface area contributed by atoms with E-state index in [-0.39, 0.29) is 25.3 Å². The molecule has 0 radical (unpaired) electrons. The van der Waals surface area contributed by atoms with Crippen molar-refractivity contribution in [3.05, 3.63) is 53.6 Å². The van der Waals surface area contributed by atoms with Gasteiger partial charge >= 0.3 is 0 Å². The molecule has 162 valence electrons. The first-order valence-corrected chi connectivity index (χ1v) is 10.4. The molecule has 7 nitrogen and oxygen atoms in total. The SMILES string of the molecule is C#CCOc1ccc(C(=O)N[C@H]2CN(Cc3ccc4c(c3)OCO4)CCC[C@H]2O)cc1. The summed E-state index contributed by atoms with van der Waals surface area (Å²) in [6.07, 6.45) is 6.10. The Balaban J connectivity index is 1.38. The van der Waals surface area contributed by atoms with E-state index in [4.69, 9.17) is 20.6 Å². The lowest BCUT2D eigenvalue weighted by atomic mass is 10.1. The van der Waals surface area contributed by atoms with Gasteiger partial charge in [0.25, 0.3) is 5.91 Å². The zero-order valence-electron chi connectivity index (χ0n) is 17.3. The monoisotopic (exact) mass is 422 g/mol. The van der Waals surface area contributed by atoms with E-state index in [1.165, 1.54) is 0 Å². The zero-order valence-corrected chi connectivity index (χ0v) is 17.3. The number of hydrogen-bond donors (Lipinski definition) is 2. The quantitative estimate of drug-likeness (QED) is 0.695. The van der Waals surface area contributed by atoms with E-state index in [1.807, 2.05) is 18.2 Å². The lowest BCUT2D eigenvalue weighted by Gasteiger charge is -2.27. The molecule has 4 rings (SSSR count). The minimum atomic E-state index is -0.594. The van der Waals surface area contributed by atoms with Crippen molar-refractivity contribution in [3.8, 4) is 29.6 Å². The number of ether oxygens (including phenoxy) is 3. The molecule has 2 aliphatic heterocycles. The molecule has 7 heteroatoms. The molecule has 0 unspecified atom stereocenters.